The van der Waals surface area contributed by atoms with Crippen LogP contribution in [0.1, 0.15) is 73.5 Å². The molecule has 5 rings (SSSR count). The van der Waals surface area contributed by atoms with E-state index in [-0.39, 0.29) is 38.9 Å². The Morgan fingerprint density at radius 2 is 1.78 bits per heavy atom. The lowest BCUT2D eigenvalue weighted by Gasteiger charge is -2.27. The van der Waals surface area contributed by atoms with Crippen molar-refractivity contribution in [2.45, 2.75) is 74.0 Å². The summed E-state index contributed by atoms with van der Waals surface area (Å²) in [5.41, 5.74) is 5.96. The molecule has 2 N–H and O–H groups in total. The minimum atomic E-state index is -3.41. The molecule has 1 aromatic carbocycles. The monoisotopic (exact) mass is 522 g/mol. The van der Waals surface area contributed by atoms with Gasteiger partial charge in [0, 0.05) is 11.9 Å². The Bertz CT molecular complexity index is 1500. The van der Waals surface area contributed by atoms with Gasteiger partial charge in [-0.05, 0) is 55.5 Å². The highest BCUT2D eigenvalue weighted by Gasteiger charge is 2.37. The van der Waals surface area contributed by atoms with E-state index in [4.69, 9.17) is 5.73 Å². The minimum Gasteiger partial charge on any atom is -0.366 e. The van der Waals surface area contributed by atoms with E-state index < -0.39 is 21.8 Å². The van der Waals surface area contributed by atoms with Gasteiger partial charge in [-0.2, -0.15) is 0 Å². The van der Waals surface area contributed by atoms with Gasteiger partial charge in [-0.15, -0.1) is 0 Å². The van der Waals surface area contributed by atoms with E-state index in [9.17, 15) is 22.8 Å². The van der Waals surface area contributed by atoms with E-state index in [1.54, 1.807) is 6.07 Å². The third-order valence-corrected chi connectivity index (χ3v) is 9.76. The Kier molecular flexibility index (Phi) is 6.94. The zero-order valence-corrected chi connectivity index (χ0v) is 21.3. The van der Waals surface area contributed by atoms with E-state index in [0.29, 0.717) is 36.4 Å². The largest absolute Gasteiger partial charge is 0.366 e. The van der Waals surface area contributed by atoms with Crippen LogP contribution in [0.2, 0.25) is 0 Å². The highest BCUT2D eigenvalue weighted by atomic mass is 32.2. The molecule has 1 atom stereocenters. The molecule has 2 heterocycles. The number of amides is 1. The summed E-state index contributed by atoms with van der Waals surface area (Å²) in [6, 6.07) is 6.83. The Morgan fingerprint density at radius 3 is 2.43 bits per heavy atom. The van der Waals surface area contributed by atoms with Crippen molar-refractivity contribution in [1.82, 2.24) is 14.5 Å². The average molecular weight is 523 g/mol. The first-order valence-electron chi connectivity index (χ1n) is 12.8. The third-order valence-electron chi connectivity index (χ3n) is 7.50. The van der Waals surface area contributed by atoms with Gasteiger partial charge in [0.15, 0.2) is 15.6 Å². The van der Waals surface area contributed by atoms with Crippen molar-refractivity contribution in [2.75, 3.05) is 0 Å². The summed E-state index contributed by atoms with van der Waals surface area (Å²) in [4.78, 5) is 47.2. The van der Waals surface area contributed by atoms with E-state index >= 15 is 0 Å². The molecule has 2 aliphatic rings. The van der Waals surface area contributed by atoms with Gasteiger partial charge >= 0.3 is 0 Å². The quantitative estimate of drug-likeness (QED) is 0.455. The fourth-order valence-electron chi connectivity index (χ4n) is 5.19. The predicted octanol–water partition coefficient (Wildman–Crippen LogP) is 3.15. The number of aromatic nitrogens is 3. The van der Waals surface area contributed by atoms with E-state index in [2.05, 4.69) is 9.97 Å². The number of hydrogen-bond donors (Lipinski definition) is 1. The molecule has 10 heteroatoms. The number of carbonyl (C=O) groups is 2. The van der Waals surface area contributed by atoms with Gasteiger partial charge in [0.1, 0.15) is 0 Å². The molecule has 194 valence electrons. The van der Waals surface area contributed by atoms with Crippen molar-refractivity contribution in [3.8, 4) is 0 Å². The number of hydrogen-bond acceptors (Lipinski definition) is 7. The molecule has 37 heavy (non-hydrogen) atoms. The molecular weight excluding hydrogens is 492 g/mol. The second-order valence-corrected chi connectivity index (χ2v) is 12.4. The standard InChI is InChI=1S/C27H30N4O5S/c28-26(33)18-6-7-19(29-15-18)13-25(32)24(12-17-4-2-1-3-5-17)31-16-30-23-14-21(10-11-22(23)27(31)34)37(35,36)20-8-9-20/h6-7,10-11,14-17,20,24H,1-5,8-9,12-13H2,(H2,28,33). The summed E-state index contributed by atoms with van der Waals surface area (Å²) in [5, 5.41) is -0.0731. The number of primary amides is 1. The Morgan fingerprint density at radius 1 is 1.03 bits per heavy atom. The molecule has 3 aromatic rings. The van der Waals surface area contributed by atoms with Gasteiger partial charge in [-0.1, -0.05) is 32.1 Å². The number of Topliss-reactive ketones (excluding diaryl/α,β-unsaturated/α-hetero) is 1. The second-order valence-electron chi connectivity index (χ2n) is 10.2. The van der Waals surface area contributed by atoms with Crippen LogP contribution < -0.4 is 11.3 Å². The number of benzene rings is 1. The lowest BCUT2D eigenvalue weighted by Crippen LogP contribution is -2.33. The lowest BCUT2D eigenvalue weighted by molar-refractivity contribution is -0.122. The molecule has 9 nitrogen and oxygen atoms in total. The van der Waals surface area contributed by atoms with Crippen LogP contribution in [0.4, 0.5) is 0 Å². The summed E-state index contributed by atoms with van der Waals surface area (Å²) in [6.07, 6.45) is 9.94. The van der Waals surface area contributed by atoms with Crippen LogP contribution in [0, 0.1) is 5.92 Å². The first-order chi connectivity index (χ1) is 17.7. The molecular formula is C27H30N4O5S. The number of ketones is 1. The van der Waals surface area contributed by atoms with Crippen LogP contribution in [0.15, 0.2) is 52.5 Å². The van der Waals surface area contributed by atoms with Crippen LogP contribution in [-0.2, 0) is 21.1 Å². The highest BCUT2D eigenvalue weighted by Crippen LogP contribution is 2.34. The van der Waals surface area contributed by atoms with Crippen LogP contribution in [0.25, 0.3) is 10.9 Å². The van der Waals surface area contributed by atoms with Crippen LogP contribution in [0.5, 0.6) is 0 Å². The Labute approximate surface area is 215 Å². The summed E-state index contributed by atoms with van der Waals surface area (Å²) in [6.45, 7) is 0. The van der Waals surface area contributed by atoms with Gasteiger partial charge in [-0.25, -0.2) is 13.4 Å². The minimum absolute atomic E-state index is 0.000520. The van der Waals surface area contributed by atoms with E-state index in [1.807, 2.05) is 0 Å². The molecule has 0 spiro atoms. The zero-order valence-electron chi connectivity index (χ0n) is 20.5. The van der Waals surface area contributed by atoms with E-state index in [1.165, 1.54) is 47.8 Å². The number of sulfone groups is 1. The predicted molar refractivity (Wildman–Crippen MR) is 138 cm³/mol. The molecule has 0 bridgehead atoms. The van der Waals surface area contributed by atoms with Crippen LogP contribution >= 0.6 is 0 Å². The van der Waals surface area contributed by atoms with Crippen LogP contribution in [-0.4, -0.2) is 39.9 Å². The first-order valence-corrected chi connectivity index (χ1v) is 14.3. The number of fused-ring (bicyclic) bond motifs is 1. The first kappa shape index (κ1) is 25.3. The number of rotatable bonds is 9. The van der Waals surface area contributed by atoms with Crippen molar-refractivity contribution < 1.29 is 18.0 Å². The summed E-state index contributed by atoms with van der Waals surface area (Å²) >= 11 is 0. The summed E-state index contributed by atoms with van der Waals surface area (Å²) in [5.74, 6) is -0.440. The molecule has 1 amide bonds. The van der Waals surface area contributed by atoms with Crippen LogP contribution in [0.3, 0.4) is 0 Å². The normalized spacial score (nSPS) is 17.5. The molecule has 0 radical (unpaired) electrons. The Balaban J connectivity index is 1.48. The molecule has 2 aromatic heterocycles. The molecule has 0 saturated heterocycles. The number of carbonyl (C=O) groups excluding carboxylic acids is 2. The van der Waals surface area contributed by atoms with Gasteiger partial charge in [0.2, 0.25) is 5.91 Å². The third kappa shape index (κ3) is 5.34. The summed E-state index contributed by atoms with van der Waals surface area (Å²) < 4.78 is 26.7. The average Bonchev–Trinajstić information content (AvgIpc) is 3.75. The van der Waals surface area contributed by atoms with E-state index in [0.717, 1.165) is 25.7 Å². The number of nitrogens with zero attached hydrogens (tertiary/aromatic N) is 3. The molecule has 1 unspecified atom stereocenters. The van der Waals surface area contributed by atoms with Crippen molar-refractivity contribution in [3.63, 3.8) is 0 Å². The number of pyridine rings is 1. The van der Waals surface area contributed by atoms with Crippen molar-refractivity contribution in [1.29, 1.82) is 0 Å². The van der Waals surface area contributed by atoms with Crippen molar-refractivity contribution in [3.05, 3.63) is 64.5 Å². The van der Waals surface area contributed by atoms with Crippen molar-refractivity contribution in [2.24, 2.45) is 11.7 Å². The fraction of sp³-hybridized carbons (Fsp3) is 0.444. The van der Waals surface area contributed by atoms with Gasteiger partial charge < -0.3 is 5.73 Å². The number of nitrogens with two attached hydrogens (primary N) is 1. The summed E-state index contributed by atoms with van der Waals surface area (Å²) in [7, 11) is -3.41. The maximum atomic E-state index is 13.6. The second kappa shape index (κ2) is 10.2. The smallest absolute Gasteiger partial charge is 0.261 e. The maximum Gasteiger partial charge on any atom is 0.261 e. The molecule has 0 aliphatic heterocycles. The zero-order chi connectivity index (χ0) is 26.2. The maximum absolute atomic E-state index is 13.6. The topological polar surface area (TPSA) is 142 Å². The van der Waals surface area contributed by atoms with Crippen molar-refractivity contribution >= 4 is 32.4 Å². The lowest BCUT2D eigenvalue weighted by atomic mass is 9.83. The fourth-order valence-corrected chi connectivity index (χ4v) is 6.87. The highest BCUT2D eigenvalue weighted by molar-refractivity contribution is 7.92. The molecule has 2 aliphatic carbocycles. The molecule has 2 fully saturated rings. The van der Waals surface area contributed by atoms with Gasteiger partial charge in [0.05, 0.1) is 45.4 Å². The Hall–Kier alpha value is -3.40. The van der Waals surface area contributed by atoms with Gasteiger partial charge in [-0.3, -0.25) is 23.9 Å². The SMILES string of the molecule is NC(=O)c1ccc(CC(=O)C(CC2CCCCC2)n2cnc3cc(S(=O)(=O)C4CC4)ccc3c2=O)nc1. The molecule has 2 saturated carbocycles. The van der Waals surface area contributed by atoms with Gasteiger partial charge in [0.25, 0.3) is 5.56 Å².